The molecular weight excluding hydrogens is 377 g/mol. The van der Waals surface area contributed by atoms with Crippen molar-refractivity contribution in [2.75, 3.05) is 0 Å². The molecule has 0 atom stereocenters. The third kappa shape index (κ3) is 2.63. The number of hydrogen-bond acceptors (Lipinski definition) is 5. The van der Waals surface area contributed by atoms with E-state index in [0.29, 0.717) is 27.1 Å². The Kier molecular flexibility index (Phi) is 3.70. The maximum absolute atomic E-state index is 13.2. The third-order valence-corrected chi connectivity index (χ3v) is 4.10. The van der Waals surface area contributed by atoms with Crippen LogP contribution in [0.25, 0.3) is 34.1 Å². The Morgan fingerprint density at radius 3 is 2.58 bits per heavy atom. The molecule has 4 rings (SSSR count). The van der Waals surface area contributed by atoms with E-state index in [1.54, 1.807) is 6.07 Å². The molecule has 0 bridgehead atoms. The molecule has 4 aromatic rings. The van der Waals surface area contributed by atoms with Crippen molar-refractivity contribution in [2.24, 2.45) is 0 Å². The molecule has 0 radical (unpaired) electrons. The summed E-state index contributed by atoms with van der Waals surface area (Å²) in [7, 11) is 0. The highest BCUT2D eigenvalue weighted by Gasteiger charge is 2.19. The average molecular weight is 386 g/mol. The summed E-state index contributed by atoms with van der Waals surface area (Å²) >= 11 is 3.30. The summed E-state index contributed by atoms with van der Waals surface area (Å²) in [6, 6.07) is 13.8. The van der Waals surface area contributed by atoms with E-state index < -0.39 is 0 Å². The maximum atomic E-state index is 13.2. The molecule has 2 heterocycles. The van der Waals surface area contributed by atoms with Gasteiger partial charge in [0.15, 0.2) is 0 Å². The predicted molar refractivity (Wildman–Crippen MR) is 88.3 cm³/mol. The van der Waals surface area contributed by atoms with Gasteiger partial charge < -0.3 is 9.05 Å². The molecule has 118 valence electrons. The fraction of sp³-hybridized carbons (Fsp3) is 0. The molecule has 2 aromatic carbocycles. The van der Waals surface area contributed by atoms with Gasteiger partial charge >= 0.3 is 0 Å². The van der Waals surface area contributed by atoms with Gasteiger partial charge in [-0.15, -0.1) is 0 Å². The van der Waals surface area contributed by atoms with Crippen molar-refractivity contribution in [3.63, 3.8) is 0 Å². The number of nitrogens with zero attached hydrogens (tertiary/aromatic N) is 3. The Balaban J connectivity index is 1.76. The summed E-state index contributed by atoms with van der Waals surface area (Å²) in [6.45, 7) is 0. The van der Waals surface area contributed by atoms with Gasteiger partial charge in [0, 0.05) is 15.6 Å². The fourth-order valence-electron chi connectivity index (χ4n) is 2.31. The minimum Gasteiger partial charge on any atom is -0.363 e. The van der Waals surface area contributed by atoms with Gasteiger partial charge in [-0.05, 0) is 34.1 Å². The highest BCUT2D eigenvalue weighted by atomic mass is 79.9. The summed E-state index contributed by atoms with van der Waals surface area (Å²) in [5.41, 5.74) is 2.72. The lowest BCUT2D eigenvalue weighted by Gasteiger charge is -1.98. The van der Waals surface area contributed by atoms with Gasteiger partial charge in [0.05, 0.1) is 0 Å². The minimum absolute atomic E-state index is 0.279. The Labute approximate surface area is 144 Å². The largest absolute Gasteiger partial charge is 0.363 e. The van der Waals surface area contributed by atoms with Gasteiger partial charge in [-0.3, -0.25) is 0 Å². The summed E-state index contributed by atoms with van der Waals surface area (Å²) < 4.78 is 24.2. The maximum Gasteiger partial charge on any atom is 0.263 e. The molecule has 0 saturated carbocycles. The van der Waals surface area contributed by atoms with Crippen LogP contribution in [0.2, 0.25) is 0 Å². The second kappa shape index (κ2) is 6.01. The lowest BCUT2D eigenvalue weighted by Crippen LogP contribution is -1.85. The molecule has 0 fully saturated rings. The minimum atomic E-state index is -0.347. The molecule has 0 N–H and O–H groups in total. The molecule has 0 amide bonds. The van der Waals surface area contributed by atoms with Crippen LogP contribution in [0.15, 0.2) is 68.3 Å². The van der Waals surface area contributed by atoms with E-state index >= 15 is 0 Å². The van der Waals surface area contributed by atoms with Crippen molar-refractivity contribution in [2.45, 2.75) is 0 Å². The smallest absolute Gasteiger partial charge is 0.263 e. The Morgan fingerprint density at radius 2 is 1.79 bits per heavy atom. The van der Waals surface area contributed by atoms with Crippen molar-refractivity contribution >= 4 is 15.9 Å². The van der Waals surface area contributed by atoms with Crippen molar-refractivity contribution in [3.05, 3.63) is 65.1 Å². The number of hydrogen-bond donors (Lipinski definition) is 0. The van der Waals surface area contributed by atoms with Crippen LogP contribution < -0.4 is 0 Å². The second-order valence-corrected chi connectivity index (χ2v) is 5.84. The number of halogens is 2. The normalized spacial score (nSPS) is 10.9. The van der Waals surface area contributed by atoms with E-state index in [9.17, 15) is 4.39 Å². The van der Waals surface area contributed by atoms with Crippen molar-refractivity contribution in [1.82, 2.24) is 15.3 Å². The van der Waals surface area contributed by atoms with Crippen molar-refractivity contribution in [3.8, 4) is 34.1 Å². The zero-order chi connectivity index (χ0) is 16.5. The van der Waals surface area contributed by atoms with Crippen LogP contribution in [-0.2, 0) is 0 Å². The molecule has 24 heavy (non-hydrogen) atoms. The first-order valence-electron chi connectivity index (χ1n) is 7.01. The van der Waals surface area contributed by atoms with Gasteiger partial charge in [0.2, 0.25) is 5.82 Å². The van der Waals surface area contributed by atoms with Gasteiger partial charge in [0.1, 0.15) is 23.3 Å². The fourth-order valence-corrected chi connectivity index (χ4v) is 2.83. The molecule has 0 unspecified atom stereocenters. The molecule has 2 aromatic heterocycles. The molecule has 0 spiro atoms. The average Bonchev–Trinajstić information content (AvgIpc) is 3.24. The van der Waals surface area contributed by atoms with Gasteiger partial charge in [-0.25, -0.2) is 4.39 Å². The summed E-state index contributed by atoms with van der Waals surface area (Å²) in [5.74, 6) is 0.276. The molecule has 5 nitrogen and oxygen atoms in total. The summed E-state index contributed by atoms with van der Waals surface area (Å²) in [5, 5.41) is 7.97. The molecular formula is C17H9BrFN3O2. The Bertz CT molecular complexity index is 998. The lowest BCUT2D eigenvalue weighted by atomic mass is 10.1. The van der Waals surface area contributed by atoms with E-state index in [1.165, 1.54) is 18.4 Å². The van der Waals surface area contributed by atoms with Crippen LogP contribution in [-0.4, -0.2) is 15.3 Å². The van der Waals surface area contributed by atoms with E-state index in [2.05, 4.69) is 31.2 Å². The molecule has 0 aliphatic heterocycles. The first-order valence-corrected chi connectivity index (χ1v) is 7.81. The van der Waals surface area contributed by atoms with Gasteiger partial charge in [-0.2, -0.15) is 4.98 Å². The summed E-state index contributed by atoms with van der Waals surface area (Å²) in [4.78, 5) is 4.37. The van der Waals surface area contributed by atoms with E-state index in [4.69, 9.17) is 9.05 Å². The van der Waals surface area contributed by atoms with Crippen LogP contribution in [0.4, 0.5) is 4.39 Å². The molecule has 0 saturated heterocycles. The monoisotopic (exact) mass is 385 g/mol. The van der Waals surface area contributed by atoms with Crippen LogP contribution >= 0.6 is 15.9 Å². The van der Waals surface area contributed by atoms with E-state index in [0.717, 1.165) is 5.56 Å². The quantitative estimate of drug-likeness (QED) is 0.498. The predicted octanol–water partition coefficient (Wildman–Crippen LogP) is 4.96. The molecule has 7 heteroatoms. The highest BCUT2D eigenvalue weighted by molar-refractivity contribution is 9.10. The van der Waals surface area contributed by atoms with Crippen LogP contribution in [0, 0.1) is 5.82 Å². The lowest BCUT2D eigenvalue weighted by molar-refractivity contribution is 0.418. The molecule has 0 aliphatic rings. The molecule has 0 aliphatic carbocycles. The second-order valence-electron chi connectivity index (χ2n) is 4.99. The van der Waals surface area contributed by atoms with Crippen LogP contribution in [0.5, 0.6) is 0 Å². The Morgan fingerprint density at radius 1 is 0.958 bits per heavy atom. The van der Waals surface area contributed by atoms with Gasteiger partial charge in [0.25, 0.3) is 5.89 Å². The zero-order valence-corrected chi connectivity index (χ0v) is 13.7. The van der Waals surface area contributed by atoms with E-state index in [1.807, 2.05) is 30.3 Å². The Hall–Kier alpha value is -2.80. The van der Waals surface area contributed by atoms with Gasteiger partial charge in [-0.1, -0.05) is 40.6 Å². The third-order valence-electron chi connectivity index (χ3n) is 3.45. The first-order chi connectivity index (χ1) is 11.7. The number of rotatable bonds is 3. The van der Waals surface area contributed by atoms with Crippen LogP contribution in [0.1, 0.15) is 0 Å². The van der Waals surface area contributed by atoms with Crippen molar-refractivity contribution < 1.29 is 13.4 Å². The zero-order valence-electron chi connectivity index (χ0n) is 12.1. The topological polar surface area (TPSA) is 65.0 Å². The summed E-state index contributed by atoms with van der Waals surface area (Å²) in [6.07, 6.45) is 1.46. The highest BCUT2D eigenvalue weighted by Crippen LogP contribution is 2.32. The van der Waals surface area contributed by atoms with Crippen LogP contribution in [0.3, 0.4) is 0 Å². The first kappa shape index (κ1) is 14.8. The number of benzene rings is 2. The van der Waals surface area contributed by atoms with Crippen molar-refractivity contribution in [1.29, 1.82) is 0 Å². The standard InChI is InChI=1S/C17H9BrFN3O2/c18-14-8-11(19)6-7-12(14)16-20-17(24-22-16)13-9-23-21-15(13)10-4-2-1-3-5-10/h1-9H. The van der Waals surface area contributed by atoms with E-state index in [-0.39, 0.29) is 11.7 Å². The number of aromatic nitrogens is 3. The SMILES string of the molecule is Fc1ccc(-c2noc(-c3conc3-c3ccccc3)n2)c(Br)c1.